The lowest BCUT2D eigenvalue weighted by atomic mass is 9.70. The summed E-state index contributed by atoms with van der Waals surface area (Å²) in [7, 11) is 0. The molecule has 0 saturated carbocycles. The first-order chi connectivity index (χ1) is 19.1. The molecule has 0 unspecified atom stereocenters. The molecule has 4 aromatic rings. The van der Waals surface area contributed by atoms with Crippen LogP contribution in [0.3, 0.4) is 0 Å². The lowest BCUT2D eigenvalue weighted by molar-refractivity contribution is 0.795. The fourth-order valence-corrected chi connectivity index (χ4v) is 9.98. The molecule has 6 rings (SSSR count). The van der Waals surface area contributed by atoms with Gasteiger partial charge < -0.3 is 0 Å². The Kier molecular flexibility index (Phi) is 8.54. The van der Waals surface area contributed by atoms with E-state index in [0.717, 1.165) is 0 Å². The number of benzene rings is 4. The van der Waals surface area contributed by atoms with Gasteiger partial charge in [0.25, 0.3) is 0 Å². The van der Waals surface area contributed by atoms with Gasteiger partial charge in [-0.2, -0.15) is 0 Å². The molecule has 41 heavy (non-hydrogen) atoms. The third kappa shape index (κ3) is 3.87. The molecule has 2 aliphatic carbocycles. The molecule has 4 aromatic carbocycles. The van der Waals surface area contributed by atoms with Gasteiger partial charge in [0.2, 0.25) is 0 Å². The Morgan fingerprint density at radius 3 is 0.512 bits per heavy atom. The van der Waals surface area contributed by atoms with Crippen LogP contribution in [0, 0.1) is 0 Å². The zero-order valence-electron chi connectivity index (χ0n) is 18.5. The molecule has 0 N–H and O–H groups in total. The van der Waals surface area contributed by atoms with Crippen molar-refractivity contribution in [3.63, 3.8) is 0 Å². The van der Waals surface area contributed by atoms with E-state index in [1.165, 1.54) is 0 Å². The monoisotopic (exact) mass is 860 g/mol. The van der Waals surface area contributed by atoms with Crippen LogP contribution in [-0.2, 0) is 5.41 Å². The summed E-state index contributed by atoms with van der Waals surface area (Å²) in [6.45, 7) is 0. The van der Waals surface area contributed by atoms with E-state index >= 15 is 0 Å². The van der Waals surface area contributed by atoms with Crippen LogP contribution in [0.15, 0.2) is 0 Å². The van der Waals surface area contributed by atoms with Crippen LogP contribution in [0.25, 0.3) is 22.3 Å². The molecular formula is C25Cl16. The summed E-state index contributed by atoms with van der Waals surface area (Å²) in [5, 5.41) is -1.13. The van der Waals surface area contributed by atoms with E-state index in [1.807, 2.05) is 0 Å². The van der Waals surface area contributed by atoms with E-state index in [-0.39, 0.29) is 125 Å². The smallest absolute Gasteiger partial charge is 0.0800 e. The van der Waals surface area contributed by atoms with Gasteiger partial charge in [-0.25, -0.2) is 0 Å². The minimum Gasteiger partial charge on any atom is -0.0823 e. The van der Waals surface area contributed by atoms with Crippen molar-refractivity contribution in [3.8, 4) is 22.3 Å². The molecule has 0 radical (unpaired) electrons. The van der Waals surface area contributed by atoms with Crippen LogP contribution in [0.1, 0.15) is 22.3 Å². The summed E-state index contributed by atoms with van der Waals surface area (Å²) in [6, 6.07) is 0. The van der Waals surface area contributed by atoms with Crippen molar-refractivity contribution in [2.45, 2.75) is 5.41 Å². The third-order valence-corrected chi connectivity index (χ3v) is 14.3. The molecule has 1 spiro atoms. The van der Waals surface area contributed by atoms with Crippen molar-refractivity contribution in [1.29, 1.82) is 0 Å². The summed E-state index contributed by atoms with van der Waals surface area (Å²) in [4.78, 5) is 0. The second-order valence-corrected chi connectivity index (χ2v) is 14.8. The molecule has 212 valence electrons. The second-order valence-electron chi connectivity index (χ2n) is 8.77. The Balaban J connectivity index is 2.10. The van der Waals surface area contributed by atoms with Crippen molar-refractivity contribution in [2.75, 3.05) is 0 Å². The highest BCUT2D eigenvalue weighted by molar-refractivity contribution is 6.59. The zero-order chi connectivity index (χ0) is 30.4. The van der Waals surface area contributed by atoms with Crippen LogP contribution in [0.4, 0.5) is 0 Å². The lowest BCUT2D eigenvalue weighted by Crippen LogP contribution is -2.28. The Morgan fingerprint density at radius 2 is 0.341 bits per heavy atom. The van der Waals surface area contributed by atoms with Gasteiger partial charge in [0.05, 0.1) is 85.8 Å². The lowest BCUT2D eigenvalue weighted by Gasteiger charge is -2.34. The molecule has 0 saturated heterocycles. The van der Waals surface area contributed by atoms with E-state index in [1.54, 1.807) is 0 Å². The van der Waals surface area contributed by atoms with Crippen molar-refractivity contribution >= 4 is 186 Å². The van der Waals surface area contributed by atoms with E-state index in [9.17, 15) is 0 Å². The molecule has 0 aromatic heterocycles. The topological polar surface area (TPSA) is 0 Å². The summed E-state index contributed by atoms with van der Waals surface area (Å²) >= 11 is 108. The van der Waals surface area contributed by atoms with Gasteiger partial charge in [-0.1, -0.05) is 186 Å². The zero-order valence-corrected chi connectivity index (χ0v) is 30.6. The van der Waals surface area contributed by atoms with Crippen molar-refractivity contribution in [3.05, 3.63) is 103 Å². The van der Waals surface area contributed by atoms with Crippen molar-refractivity contribution in [1.82, 2.24) is 0 Å². The molecule has 2 aliphatic rings. The average molecular weight is 868 g/mol. The molecule has 0 atom stereocenters. The van der Waals surface area contributed by atoms with E-state index in [0.29, 0.717) is 0 Å². The highest BCUT2D eigenvalue weighted by atomic mass is 35.5. The number of halogens is 16. The van der Waals surface area contributed by atoms with Gasteiger partial charge in [0, 0.05) is 44.5 Å². The maximum absolute atomic E-state index is 7.02. The first-order valence-corrected chi connectivity index (χ1v) is 16.6. The predicted octanol–water partition coefficient (Wildman–Crippen LogP) is 16.5. The van der Waals surface area contributed by atoms with Crippen molar-refractivity contribution in [2.24, 2.45) is 0 Å². The Labute approximate surface area is 312 Å². The molecule has 0 heterocycles. The normalized spacial score (nSPS) is 14.0. The minimum absolute atomic E-state index is 0.0369. The minimum atomic E-state index is -1.76. The molecular weight excluding hydrogens is 868 g/mol. The highest BCUT2D eigenvalue weighted by Gasteiger charge is 2.60. The number of fused-ring (bicyclic) bond motifs is 10. The van der Waals surface area contributed by atoms with E-state index in [4.69, 9.17) is 186 Å². The average Bonchev–Trinajstić information content (AvgIpc) is 3.43. The molecule has 0 bridgehead atoms. The SMILES string of the molecule is Clc1c(Cl)c(Cl)c2c(c1Cl)-c1c(Cl)c(Cl)c(Cl)c(Cl)c1C21c2c(Cl)c(Cl)c(Cl)c(Cl)c2-c2c(Cl)c(Cl)c(Cl)c(Cl)c21. The van der Waals surface area contributed by atoms with Crippen molar-refractivity contribution < 1.29 is 0 Å². The first-order valence-electron chi connectivity index (χ1n) is 10.5. The maximum Gasteiger partial charge on any atom is 0.0800 e. The molecule has 0 nitrogen and oxygen atoms in total. The van der Waals surface area contributed by atoms with Gasteiger partial charge in [-0.15, -0.1) is 0 Å². The highest BCUT2D eigenvalue weighted by Crippen LogP contribution is 2.74. The van der Waals surface area contributed by atoms with Gasteiger partial charge >= 0.3 is 0 Å². The third-order valence-electron chi connectivity index (χ3n) is 7.07. The summed E-state index contributed by atoms with van der Waals surface area (Å²) < 4.78 is 0. The molecule has 0 fully saturated rings. The van der Waals surface area contributed by atoms with Crippen LogP contribution < -0.4 is 0 Å². The second kappa shape index (κ2) is 10.8. The summed E-state index contributed by atoms with van der Waals surface area (Å²) in [5.41, 5.74) is -0.130. The van der Waals surface area contributed by atoms with Crippen LogP contribution in [0.2, 0.25) is 80.4 Å². The van der Waals surface area contributed by atoms with E-state index < -0.39 is 5.41 Å². The maximum atomic E-state index is 7.02. The first kappa shape index (κ1) is 32.5. The quantitative estimate of drug-likeness (QED) is 0.105. The fraction of sp³-hybridized carbons (Fsp3) is 0.0400. The summed E-state index contributed by atoms with van der Waals surface area (Å²) in [5.74, 6) is 0. The fourth-order valence-electron chi connectivity index (χ4n) is 5.62. The van der Waals surface area contributed by atoms with Gasteiger partial charge in [0.1, 0.15) is 0 Å². The predicted molar refractivity (Wildman–Crippen MR) is 183 cm³/mol. The largest absolute Gasteiger partial charge is 0.0823 e. The van der Waals surface area contributed by atoms with Crippen LogP contribution >= 0.6 is 186 Å². The van der Waals surface area contributed by atoms with Gasteiger partial charge in [-0.3, -0.25) is 0 Å². The van der Waals surface area contributed by atoms with Gasteiger partial charge in [0.15, 0.2) is 0 Å². The molecule has 0 aliphatic heterocycles. The van der Waals surface area contributed by atoms with Crippen LogP contribution in [0.5, 0.6) is 0 Å². The van der Waals surface area contributed by atoms with E-state index in [2.05, 4.69) is 0 Å². The van der Waals surface area contributed by atoms with Crippen LogP contribution in [-0.4, -0.2) is 0 Å². The summed E-state index contributed by atoms with van der Waals surface area (Å²) in [6.07, 6.45) is 0. The Bertz CT molecular complexity index is 1670. The number of hydrogen-bond acceptors (Lipinski definition) is 0. The standard InChI is InChI=1S/C25Cl16/c26-9-1-2-6(14(31)22(39)18(35)10(2)27)25(5(1)13(30)21(38)17(9)34)7-3(11(28)19(36)23(40)15(7)32)4-8(25)16(33)24(41)20(37)12(4)29. The Morgan fingerprint density at radius 1 is 0.195 bits per heavy atom. The number of hydrogen-bond donors (Lipinski definition) is 0. The number of rotatable bonds is 0. The Hall–Kier alpha value is 1.52. The van der Waals surface area contributed by atoms with Gasteiger partial charge in [-0.05, 0) is 0 Å². The molecule has 0 amide bonds. The molecule has 16 heteroatoms.